The largest absolute Gasteiger partial charge is 0.463 e. The molecular formula is C16H22N3O4S+. The van der Waals surface area contributed by atoms with Crippen molar-refractivity contribution in [2.45, 2.75) is 24.8 Å². The van der Waals surface area contributed by atoms with Gasteiger partial charge in [-0.1, -0.05) is 6.07 Å². The number of benzene rings is 1. The molecule has 1 amide bonds. The van der Waals surface area contributed by atoms with Crippen LogP contribution in [0.4, 0.5) is 5.69 Å². The van der Waals surface area contributed by atoms with Gasteiger partial charge in [0.2, 0.25) is 10.0 Å². The summed E-state index contributed by atoms with van der Waals surface area (Å²) in [7, 11) is -2.21. The van der Waals surface area contributed by atoms with Crippen molar-refractivity contribution in [3.8, 4) is 0 Å². The van der Waals surface area contributed by atoms with E-state index in [4.69, 9.17) is 4.42 Å². The van der Waals surface area contributed by atoms with Gasteiger partial charge in [-0.3, -0.25) is 4.79 Å². The molecule has 0 radical (unpaired) electrons. The van der Waals surface area contributed by atoms with E-state index in [0.29, 0.717) is 11.3 Å². The van der Waals surface area contributed by atoms with E-state index < -0.39 is 10.0 Å². The number of amides is 1. The van der Waals surface area contributed by atoms with Crippen molar-refractivity contribution in [3.63, 3.8) is 0 Å². The van der Waals surface area contributed by atoms with Crippen LogP contribution in [-0.2, 0) is 14.8 Å². The summed E-state index contributed by atoms with van der Waals surface area (Å²) in [6.45, 7) is 3.84. The molecule has 0 saturated heterocycles. The maximum Gasteiger partial charge on any atom is 0.279 e. The van der Waals surface area contributed by atoms with Crippen molar-refractivity contribution >= 4 is 21.6 Å². The van der Waals surface area contributed by atoms with E-state index in [9.17, 15) is 13.2 Å². The van der Waals surface area contributed by atoms with Crippen LogP contribution in [-0.4, -0.2) is 27.9 Å². The SMILES string of the molecule is CNS(=O)(=O)c1cc(NC(=O)C[NH2+][C@H](C)c2ccco2)ccc1C. The molecule has 0 aliphatic carbocycles. The number of aryl methyl sites for hydroxylation is 1. The number of rotatable bonds is 7. The van der Waals surface area contributed by atoms with Crippen LogP contribution in [0.25, 0.3) is 0 Å². The van der Waals surface area contributed by atoms with Crippen molar-refractivity contribution in [1.29, 1.82) is 0 Å². The van der Waals surface area contributed by atoms with Crippen LogP contribution in [0.1, 0.15) is 24.3 Å². The van der Waals surface area contributed by atoms with Crippen LogP contribution in [0.2, 0.25) is 0 Å². The molecular weight excluding hydrogens is 330 g/mol. The number of carbonyl (C=O) groups is 1. The number of nitrogens with two attached hydrogens (primary N) is 1. The zero-order chi connectivity index (χ0) is 17.7. The summed E-state index contributed by atoms with van der Waals surface area (Å²) in [5.41, 5.74) is 1.05. The van der Waals surface area contributed by atoms with Crippen LogP contribution in [0, 0.1) is 6.92 Å². The number of sulfonamides is 1. The Kier molecular flexibility index (Phi) is 5.76. The smallest absolute Gasteiger partial charge is 0.279 e. The molecule has 24 heavy (non-hydrogen) atoms. The molecule has 0 spiro atoms. The molecule has 1 aromatic carbocycles. The van der Waals surface area contributed by atoms with E-state index in [-0.39, 0.29) is 23.4 Å². The van der Waals surface area contributed by atoms with Gasteiger partial charge in [0.25, 0.3) is 5.91 Å². The second-order valence-electron chi connectivity index (χ2n) is 5.48. The Hall–Kier alpha value is -2.16. The van der Waals surface area contributed by atoms with E-state index in [0.717, 1.165) is 5.76 Å². The zero-order valence-corrected chi connectivity index (χ0v) is 14.7. The molecule has 1 heterocycles. The van der Waals surface area contributed by atoms with Gasteiger partial charge in [0.05, 0.1) is 11.2 Å². The Labute approximate surface area is 141 Å². The second-order valence-corrected chi connectivity index (χ2v) is 7.33. The molecule has 0 bridgehead atoms. The van der Waals surface area contributed by atoms with Gasteiger partial charge in [-0.15, -0.1) is 0 Å². The minimum atomic E-state index is -3.56. The highest BCUT2D eigenvalue weighted by molar-refractivity contribution is 7.89. The Balaban J connectivity index is 2.00. The number of furan rings is 1. The number of carbonyl (C=O) groups excluding carboxylic acids is 1. The fraction of sp³-hybridized carbons (Fsp3) is 0.312. The molecule has 1 atom stereocenters. The monoisotopic (exact) mass is 352 g/mol. The first-order chi connectivity index (χ1) is 11.3. The quantitative estimate of drug-likeness (QED) is 0.684. The predicted molar refractivity (Wildman–Crippen MR) is 90.0 cm³/mol. The number of hydrogen-bond donors (Lipinski definition) is 3. The number of anilines is 1. The van der Waals surface area contributed by atoms with E-state index >= 15 is 0 Å². The average molecular weight is 352 g/mol. The average Bonchev–Trinajstić information content (AvgIpc) is 3.09. The lowest BCUT2D eigenvalue weighted by Gasteiger charge is -2.11. The lowest BCUT2D eigenvalue weighted by molar-refractivity contribution is -0.684. The molecule has 4 N–H and O–H groups in total. The minimum absolute atomic E-state index is 0.0176. The van der Waals surface area contributed by atoms with Gasteiger partial charge in [-0.25, -0.2) is 13.1 Å². The third-order valence-electron chi connectivity index (χ3n) is 3.68. The minimum Gasteiger partial charge on any atom is -0.463 e. The van der Waals surface area contributed by atoms with Crippen molar-refractivity contribution in [2.24, 2.45) is 0 Å². The van der Waals surface area contributed by atoms with Gasteiger partial charge < -0.3 is 15.1 Å². The molecule has 0 fully saturated rings. The lowest BCUT2D eigenvalue weighted by Crippen LogP contribution is -2.86. The van der Waals surface area contributed by atoms with E-state index in [1.807, 2.05) is 18.3 Å². The molecule has 7 nitrogen and oxygen atoms in total. The van der Waals surface area contributed by atoms with Gasteiger partial charge in [0.15, 0.2) is 12.3 Å². The molecule has 0 saturated carbocycles. The molecule has 130 valence electrons. The highest BCUT2D eigenvalue weighted by atomic mass is 32.2. The van der Waals surface area contributed by atoms with Crippen LogP contribution in [0.15, 0.2) is 45.9 Å². The maximum atomic E-state index is 12.1. The fourth-order valence-electron chi connectivity index (χ4n) is 2.24. The summed E-state index contributed by atoms with van der Waals surface area (Å²) in [6, 6.07) is 8.47. The van der Waals surface area contributed by atoms with E-state index in [2.05, 4.69) is 10.0 Å². The van der Waals surface area contributed by atoms with Crippen molar-refractivity contribution in [1.82, 2.24) is 4.72 Å². The first-order valence-corrected chi connectivity index (χ1v) is 9.02. The maximum absolute atomic E-state index is 12.1. The fourth-order valence-corrected chi connectivity index (χ4v) is 3.23. The number of nitrogens with one attached hydrogen (secondary N) is 2. The number of quaternary nitrogens is 1. The van der Waals surface area contributed by atoms with Crippen LogP contribution < -0.4 is 15.4 Å². The summed E-state index contributed by atoms with van der Waals surface area (Å²) < 4.78 is 31.5. The third-order valence-corrected chi connectivity index (χ3v) is 5.24. The second kappa shape index (κ2) is 7.61. The molecule has 2 rings (SSSR count). The van der Waals surface area contributed by atoms with Crippen molar-refractivity contribution in [2.75, 3.05) is 18.9 Å². The zero-order valence-electron chi connectivity index (χ0n) is 13.9. The first-order valence-electron chi connectivity index (χ1n) is 7.54. The summed E-state index contributed by atoms with van der Waals surface area (Å²) in [5.74, 6) is 0.575. The van der Waals surface area contributed by atoms with Crippen molar-refractivity contribution in [3.05, 3.63) is 47.9 Å². The van der Waals surface area contributed by atoms with Crippen LogP contribution in [0.5, 0.6) is 0 Å². The molecule has 0 unspecified atom stereocenters. The first kappa shape index (κ1) is 18.2. The summed E-state index contributed by atoms with van der Waals surface area (Å²) in [6.07, 6.45) is 1.59. The van der Waals surface area contributed by atoms with Gasteiger partial charge in [-0.2, -0.15) is 0 Å². The third kappa shape index (κ3) is 4.44. The standard InChI is InChI=1S/C16H21N3O4S/c1-11-6-7-13(9-15(11)24(21,22)17-3)19-16(20)10-18-12(2)14-5-4-8-23-14/h4-9,12,17-18H,10H2,1-3H3,(H,19,20)/p+1/t12-/m1/s1. The van der Waals surface area contributed by atoms with Crippen LogP contribution in [0.3, 0.4) is 0 Å². The van der Waals surface area contributed by atoms with Gasteiger partial charge in [-0.05, 0) is 50.7 Å². The molecule has 2 aromatic rings. The summed E-state index contributed by atoms with van der Waals surface area (Å²) in [5, 5.41) is 4.55. The molecule has 0 aliphatic heterocycles. The normalized spacial score (nSPS) is 12.8. The van der Waals surface area contributed by atoms with Gasteiger partial charge >= 0.3 is 0 Å². The van der Waals surface area contributed by atoms with E-state index in [1.54, 1.807) is 31.4 Å². The molecule has 1 aromatic heterocycles. The Morgan fingerprint density at radius 3 is 2.71 bits per heavy atom. The van der Waals surface area contributed by atoms with Gasteiger partial charge in [0.1, 0.15) is 6.04 Å². The van der Waals surface area contributed by atoms with Crippen LogP contribution >= 0.6 is 0 Å². The summed E-state index contributed by atoms with van der Waals surface area (Å²) in [4.78, 5) is 12.2. The molecule has 0 aliphatic rings. The van der Waals surface area contributed by atoms with Gasteiger partial charge in [0, 0.05) is 5.69 Å². The topological polar surface area (TPSA) is 105 Å². The Morgan fingerprint density at radius 2 is 2.08 bits per heavy atom. The highest BCUT2D eigenvalue weighted by Crippen LogP contribution is 2.19. The lowest BCUT2D eigenvalue weighted by atomic mass is 10.2. The molecule has 8 heteroatoms. The Bertz CT molecular complexity index is 801. The Morgan fingerprint density at radius 1 is 1.33 bits per heavy atom. The van der Waals surface area contributed by atoms with E-state index in [1.165, 1.54) is 13.1 Å². The predicted octanol–water partition coefficient (Wildman–Crippen LogP) is 0.759. The summed E-state index contributed by atoms with van der Waals surface area (Å²) >= 11 is 0. The van der Waals surface area contributed by atoms with Crippen molar-refractivity contribution < 1.29 is 22.9 Å². The highest BCUT2D eigenvalue weighted by Gasteiger charge is 2.17. The number of hydrogen-bond acceptors (Lipinski definition) is 4.